The monoisotopic (exact) mass is 843 g/mol. The van der Waals surface area contributed by atoms with E-state index in [-0.39, 0.29) is 30.3 Å². The summed E-state index contributed by atoms with van der Waals surface area (Å²) in [6.07, 6.45) is 42.8. The Morgan fingerprint density at radius 1 is 0.600 bits per heavy atom. The standard InChI is InChI=1S/C50H94N6O4/c1-4-7-10-13-16-25-32-42-59-46(57)36-28-21-17-23-30-38-55(40-33-41-56-44-54-48-49(51)52-43-53-50(48)56)39-31-24-18-22-29-37-47(58)60-45(34-26-19-14-11-8-5-2)35-27-20-15-12-9-6-3/h43-45,48,50H,4-42H2,1-3H3,(H2,51,52,53). The summed E-state index contributed by atoms with van der Waals surface area (Å²) >= 11 is 0. The summed E-state index contributed by atoms with van der Waals surface area (Å²) in [6, 6.07) is -0.156. The highest BCUT2D eigenvalue weighted by Gasteiger charge is 2.34. The van der Waals surface area contributed by atoms with Crippen molar-refractivity contribution < 1.29 is 19.1 Å². The Balaban J connectivity index is 1.65. The first-order valence-electron chi connectivity index (χ1n) is 25.7. The molecule has 2 heterocycles. The Morgan fingerprint density at radius 3 is 1.63 bits per heavy atom. The van der Waals surface area contributed by atoms with E-state index in [4.69, 9.17) is 15.2 Å². The average molecular weight is 843 g/mol. The van der Waals surface area contributed by atoms with Gasteiger partial charge in [0.15, 0.2) is 6.17 Å². The van der Waals surface area contributed by atoms with Crippen LogP contribution in [0, 0.1) is 0 Å². The van der Waals surface area contributed by atoms with E-state index in [1.165, 1.54) is 135 Å². The van der Waals surface area contributed by atoms with Crippen LogP contribution in [-0.4, -0.2) is 91.3 Å². The maximum atomic E-state index is 12.9. The third-order valence-electron chi connectivity index (χ3n) is 12.4. The van der Waals surface area contributed by atoms with Crippen molar-refractivity contribution >= 4 is 30.5 Å². The van der Waals surface area contributed by atoms with Gasteiger partial charge in [0, 0.05) is 19.4 Å². The lowest BCUT2D eigenvalue weighted by atomic mass is 10.0. The number of carbonyl (C=O) groups excluding carboxylic acids is 2. The van der Waals surface area contributed by atoms with Gasteiger partial charge in [-0.15, -0.1) is 0 Å². The number of ether oxygens (including phenoxy) is 2. The fourth-order valence-corrected chi connectivity index (χ4v) is 8.53. The third-order valence-corrected chi connectivity index (χ3v) is 12.4. The number of rotatable bonds is 43. The Labute approximate surface area is 369 Å². The van der Waals surface area contributed by atoms with Gasteiger partial charge in [-0.05, 0) is 83.8 Å². The minimum atomic E-state index is -0.156. The van der Waals surface area contributed by atoms with Crippen LogP contribution < -0.4 is 5.73 Å². The predicted molar refractivity (Wildman–Crippen MR) is 254 cm³/mol. The van der Waals surface area contributed by atoms with Crippen LogP contribution in [0.25, 0.3) is 0 Å². The number of unbranched alkanes of at least 4 members (excludes halogenated alkanes) is 24. The summed E-state index contributed by atoms with van der Waals surface area (Å²) < 4.78 is 11.6. The van der Waals surface area contributed by atoms with Crippen molar-refractivity contribution in [1.82, 2.24) is 9.80 Å². The molecule has 0 saturated heterocycles. The fourth-order valence-electron chi connectivity index (χ4n) is 8.53. The van der Waals surface area contributed by atoms with E-state index in [1.807, 2.05) is 6.34 Å². The van der Waals surface area contributed by atoms with Crippen molar-refractivity contribution in [2.45, 2.75) is 257 Å². The average Bonchev–Trinajstić information content (AvgIpc) is 3.67. The molecule has 2 rings (SSSR count). The molecule has 0 saturated carbocycles. The Bertz CT molecular complexity index is 1120. The zero-order chi connectivity index (χ0) is 43.1. The quantitative estimate of drug-likeness (QED) is 0.0479. The Morgan fingerprint density at radius 2 is 1.07 bits per heavy atom. The molecule has 0 spiro atoms. The molecule has 0 fully saturated rings. The molecule has 2 N–H and O–H groups in total. The Hall–Kier alpha value is -2.49. The van der Waals surface area contributed by atoms with Crippen molar-refractivity contribution in [2.24, 2.45) is 20.7 Å². The van der Waals surface area contributed by atoms with Gasteiger partial charge in [0.25, 0.3) is 0 Å². The van der Waals surface area contributed by atoms with E-state index in [9.17, 15) is 9.59 Å². The number of aliphatic imine (C=N–C) groups is 3. The largest absolute Gasteiger partial charge is 0.466 e. The molecule has 10 nitrogen and oxygen atoms in total. The molecule has 0 amide bonds. The molecule has 348 valence electrons. The van der Waals surface area contributed by atoms with Gasteiger partial charge in [-0.3, -0.25) is 14.6 Å². The number of nitrogens with two attached hydrogens (primary N) is 1. The smallest absolute Gasteiger partial charge is 0.306 e. The van der Waals surface area contributed by atoms with Gasteiger partial charge in [-0.25, -0.2) is 9.98 Å². The van der Waals surface area contributed by atoms with Crippen LogP contribution in [-0.2, 0) is 19.1 Å². The van der Waals surface area contributed by atoms with Crippen LogP contribution in [0.15, 0.2) is 15.0 Å². The second-order valence-corrected chi connectivity index (χ2v) is 18.0. The van der Waals surface area contributed by atoms with Crippen LogP contribution in [0.3, 0.4) is 0 Å². The summed E-state index contributed by atoms with van der Waals surface area (Å²) in [6.45, 7) is 11.5. The molecule has 0 aromatic carbocycles. The van der Waals surface area contributed by atoms with E-state index >= 15 is 0 Å². The molecule has 0 bridgehead atoms. The first kappa shape index (κ1) is 53.6. The first-order valence-corrected chi connectivity index (χ1v) is 25.7. The van der Waals surface area contributed by atoms with Crippen LogP contribution in [0.4, 0.5) is 0 Å². The first-order chi connectivity index (χ1) is 29.5. The normalized spacial score (nSPS) is 15.9. The van der Waals surface area contributed by atoms with Gasteiger partial charge in [0.2, 0.25) is 0 Å². The molecular formula is C50H94N6O4. The number of fused-ring (bicyclic) bond motifs is 1. The highest BCUT2D eigenvalue weighted by atomic mass is 16.5. The highest BCUT2D eigenvalue weighted by molar-refractivity contribution is 5.96. The van der Waals surface area contributed by atoms with Crippen LogP contribution in [0.1, 0.15) is 239 Å². The SMILES string of the molecule is CCCCCCCCCOC(=O)CCCCCCCN(CCCCCCCC(=O)OC(CCCCCCCC)CCCCCCCC)CCCN1C=NC2C(N)=NC=NC21. The topological polar surface area (TPSA) is 122 Å². The highest BCUT2D eigenvalue weighted by Crippen LogP contribution is 2.20. The molecule has 2 atom stereocenters. The van der Waals surface area contributed by atoms with Crippen LogP contribution in [0.2, 0.25) is 0 Å². The zero-order valence-electron chi connectivity index (χ0n) is 39.4. The van der Waals surface area contributed by atoms with Crippen molar-refractivity contribution in [1.29, 1.82) is 0 Å². The van der Waals surface area contributed by atoms with Crippen molar-refractivity contribution in [3.8, 4) is 0 Å². The molecule has 0 aliphatic carbocycles. The second-order valence-electron chi connectivity index (χ2n) is 18.0. The molecule has 60 heavy (non-hydrogen) atoms. The van der Waals surface area contributed by atoms with Crippen molar-refractivity contribution in [3.63, 3.8) is 0 Å². The fraction of sp³-hybridized carbons (Fsp3) is 0.900. The van der Waals surface area contributed by atoms with Gasteiger partial charge in [0.05, 0.1) is 12.9 Å². The van der Waals surface area contributed by atoms with Crippen LogP contribution >= 0.6 is 0 Å². The molecule has 2 aliphatic rings. The lowest BCUT2D eigenvalue weighted by Gasteiger charge is -2.27. The third kappa shape index (κ3) is 28.2. The van der Waals surface area contributed by atoms with Gasteiger partial charge >= 0.3 is 11.9 Å². The number of carbonyl (C=O) groups is 2. The second kappa shape index (κ2) is 38.2. The number of nitrogens with zero attached hydrogens (tertiary/aromatic N) is 5. The van der Waals surface area contributed by atoms with Gasteiger partial charge in [-0.2, -0.15) is 0 Å². The number of hydrogen-bond donors (Lipinski definition) is 1. The molecule has 0 radical (unpaired) electrons. The lowest BCUT2D eigenvalue weighted by Crippen LogP contribution is -2.44. The number of hydrogen-bond acceptors (Lipinski definition) is 10. The van der Waals surface area contributed by atoms with E-state index < -0.39 is 0 Å². The Kier molecular flexibility index (Phi) is 34.2. The summed E-state index contributed by atoms with van der Waals surface area (Å²) in [4.78, 5) is 43.2. The van der Waals surface area contributed by atoms with Gasteiger partial charge in [-0.1, -0.05) is 162 Å². The zero-order valence-corrected chi connectivity index (χ0v) is 39.4. The summed E-state index contributed by atoms with van der Waals surface area (Å²) in [5.74, 6) is 0.538. The molecule has 0 aromatic rings. The van der Waals surface area contributed by atoms with Crippen molar-refractivity contribution in [2.75, 3.05) is 32.8 Å². The maximum Gasteiger partial charge on any atom is 0.306 e. The van der Waals surface area contributed by atoms with Gasteiger partial charge < -0.3 is 25.0 Å². The summed E-state index contributed by atoms with van der Waals surface area (Å²) in [7, 11) is 0. The number of esters is 2. The summed E-state index contributed by atoms with van der Waals surface area (Å²) in [5.41, 5.74) is 6.08. The predicted octanol–water partition coefficient (Wildman–Crippen LogP) is 12.5. The minimum Gasteiger partial charge on any atom is -0.466 e. The van der Waals surface area contributed by atoms with E-state index in [0.717, 1.165) is 96.8 Å². The van der Waals surface area contributed by atoms with Crippen molar-refractivity contribution in [3.05, 3.63) is 0 Å². The summed E-state index contributed by atoms with van der Waals surface area (Å²) in [5, 5.41) is 0. The lowest BCUT2D eigenvalue weighted by molar-refractivity contribution is -0.150. The molecule has 0 aromatic heterocycles. The maximum absolute atomic E-state index is 12.9. The molecule has 2 unspecified atom stereocenters. The number of amidine groups is 1. The van der Waals surface area contributed by atoms with Crippen LogP contribution in [0.5, 0.6) is 0 Å². The molecule has 10 heteroatoms. The minimum absolute atomic E-state index is 0.0186. The molecule has 2 aliphatic heterocycles. The van der Waals surface area contributed by atoms with E-state index in [2.05, 4.69) is 45.5 Å². The van der Waals surface area contributed by atoms with Gasteiger partial charge in [0.1, 0.15) is 24.3 Å². The van der Waals surface area contributed by atoms with E-state index in [0.29, 0.717) is 25.3 Å². The van der Waals surface area contributed by atoms with E-state index in [1.54, 1.807) is 6.34 Å². The molecular weight excluding hydrogens is 749 g/mol.